The van der Waals surface area contributed by atoms with Gasteiger partial charge in [0, 0.05) is 12.8 Å². The highest BCUT2D eigenvalue weighted by Crippen LogP contribution is 2.14. The van der Waals surface area contributed by atoms with Gasteiger partial charge in [0.15, 0.2) is 6.10 Å². The Morgan fingerprint density at radius 1 is 0.333 bits per heavy atom. The van der Waals surface area contributed by atoms with Crippen molar-refractivity contribution < 1.29 is 24.2 Å². The maximum absolute atomic E-state index is 12.3. The molecule has 0 saturated carbocycles. The van der Waals surface area contributed by atoms with Gasteiger partial charge in [-0.3, -0.25) is 9.59 Å². The van der Waals surface area contributed by atoms with Gasteiger partial charge in [0.2, 0.25) is 0 Å². The Hall–Kier alpha value is -4.22. The van der Waals surface area contributed by atoms with Gasteiger partial charge in [-0.05, 0) is 122 Å². The van der Waals surface area contributed by atoms with E-state index >= 15 is 0 Å². The molecule has 0 bridgehead atoms. The van der Waals surface area contributed by atoms with Crippen molar-refractivity contribution in [3.05, 3.63) is 146 Å². The first kappa shape index (κ1) is 67.8. The summed E-state index contributed by atoms with van der Waals surface area (Å²) in [5, 5.41) is 9.66. The van der Waals surface area contributed by atoms with E-state index in [0.717, 1.165) is 122 Å². The smallest absolute Gasteiger partial charge is 0.306 e. The molecule has 0 rings (SSSR count). The van der Waals surface area contributed by atoms with Crippen molar-refractivity contribution in [1.82, 2.24) is 0 Å². The molecule has 0 aliphatic carbocycles. The molecule has 1 N–H and O–H groups in total. The highest BCUT2D eigenvalue weighted by atomic mass is 16.6. The average Bonchev–Trinajstić information content (AvgIpc) is 3.38. The number of hydrogen-bond acceptors (Lipinski definition) is 5. The Labute approximate surface area is 444 Å². The molecule has 0 saturated heterocycles. The van der Waals surface area contributed by atoms with Crippen molar-refractivity contribution >= 4 is 11.9 Å². The van der Waals surface area contributed by atoms with Crippen molar-refractivity contribution in [2.75, 3.05) is 13.2 Å². The predicted octanol–water partition coefficient (Wildman–Crippen LogP) is 20.2. The zero-order chi connectivity index (χ0) is 52.0. The van der Waals surface area contributed by atoms with Crippen molar-refractivity contribution in [1.29, 1.82) is 0 Å². The number of aliphatic hydroxyl groups excluding tert-OH is 1. The van der Waals surface area contributed by atoms with Gasteiger partial charge in [-0.15, -0.1) is 0 Å². The molecular formula is C67H108O5. The summed E-state index contributed by atoms with van der Waals surface area (Å²) in [5.74, 6) is -0.629. The van der Waals surface area contributed by atoms with E-state index in [4.69, 9.17) is 9.47 Å². The summed E-state index contributed by atoms with van der Waals surface area (Å²) < 4.78 is 10.7. The van der Waals surface area contributed by atoms with E-state index in [0.29, 0.717) is 12.8 Å². The van der Waals surface area contributed by atoms with Crippen molar-refractivity contribution in [3.8, 4) is 0 Å². The van der Waals surface area contributed by atoms with Gasteiger partial charge >= 0.3 is 11.9 Å². The number of allylic oxidation sites excluding steroid dienone is 24. The third kappa shape index (κ3) is 58.4. The lowest BCUT2D eigenvalue weighted by Gasteiger charge is -2.15. The maximum Gasteiger partial charge on any atom is 0.306 e. The van der Waals surface area contributed by atoms with E-state index < -0.39 is 6.10 Å². The summed E-state index contributed by atoms with van der Waals surface area (Å²) in [5.41, 5.74) is 0. The lowest BCUT2D eigenvalue weighted by atomic mass is 10.0. The molecule has 0 radical (unpaired) electrons. The fraction of sp³-hybridized carbons (Fsp3) is 0.612. The monoisotopic (exact) mass is 993 g/mol. The fourth-order valence-electron chi connectivity index (χ4n) is 7.73. The second kappa shape index (κ2) is 61.1. The van der Waals surface area contributed by atoms with E-state index in [-0.39, 0.29) is 25.2 Å². The van der Waals surface area contributed by atoms with Crippen LogP contribution in [0.5, 0.6) is 0 Å². The van der Waals surface area contributed by atoms with Gasteiger partial charge in [0.1, 0.15) is 6.61 Å². The Balaban J connectivity index is 3.64. The number of carbonyl (C=O) groups is 2. The maximum atomic E-state index is 12.3. The van der Waals surface area contributed by atoms with Gasteiger partial charge in [-0.25, -0.2) is 0 Å². The minimum Gasteiger partial charge on any atom is -0.462 e. The molecule has 0 aliphatic heterocycles. The zero-order valence-corrected chi connectivity index (χ0v) is 46.4. The van der Waals surface area contributed by atoms with Gasteiger partial charge in [-0.1, -0.05) is 256 Å². The molecule has 0 aliphatic rings. The van der Waals surface area contributed by atoms with Crippen LogP contribution in [0.1, 0.15) is 245 Å². The third-order valence-electron chi connectivity index (χ3n) is 12.1. The van der Waals surface area contributed by atoms with Crippen LogP contribution in [-0.2, 0) is 19.1 Å². The van der Waals surface area contributed by atoms with Crippen molar-refractivity contribution in [2.24, 2.45) is 0 Å². The number of esters is 2. The SMILES string of the molecule is CC/C=C\C/C=C\C/C=C\C/C=C\C/C=C\C/C=C\C/C=C\C/C=C\C/C=C\C/C=C\CCCCCCC(=O)OC(CO)COC(=O)CCCCCCCCCCCCC/C=C\C/C=C\CCCCCCC. The highest BCUT2D eigenvalue weighted by Gasteiger charge is 2.16. The first-order valence-corrected chi connectivity index (χ1v) is 29.4. The van der Waals surface area contributed by atoms with Crippen LogP contribution >= 0.6 is 0 Å². The van der Waals surface area contributed by atoms with Crippen LogP contribution in [0.4, 0.5) is 0 Å². The van der Waals surface area contributed by atoms with Crippen LogP contribution in [0.15, 0.2) is 146 Å². The van der Waals surface area contributed by atoms with Crippen LogP contribution in [0.2, 0.25) is 0 Å². The molecule has 1 unspecified atom stereocenters. The van der Waals surface area contributed by atoms with Gasteiger partial charge in [-0.2, -0.15) is 0 Å². The summed E-state index contributed by atoms with van der Waals surface area (Å²) in [6.45, 7) is 3.99. The summed E-state index contributed by atoms with van der Waals surface area (Å²) >= 11 is 0. The van der Waals surface area contributed by atoms with Crippen LogP contribution in [0.25, 0.3) is 0 Å². The number of ether oxygens (including phenoxy) is 2. The molecule has 0 spiro atoms. The minimum absolute atomic E-state index is 0.0859. The molecule has 0 fully saturated rings. The lowest BCUT2D eigenvalue weighted by molar-refractivity contribution is -0.161. The summed E-state index contributed by atoms with van der Waals surface area (Å²) in [6.07, 6.45) is 92.4. The first-order valence-electron chi connectivity index (χ1n) is 29.4. The van der Waals surface area contributed by atoms with Crippen LogP contribution in [-0.4, -0.2) is 36.4 Å². The van der Waals surface area contributed by atoms with E-state index in [2.05, 4.69) is 160 Å². The predicted molar refractivity (Wildman–Crippen MR) is 315 cm³/mol. The molecule has 72 heavy (non-hydrogen) atoms. The molecule has 5 heteroatoms. The van der Waals surface area contributed by atoms with Gasteiger partial charge < -0.3 is 14.6 Å². The molecule has 0 aromatic heterocycles. The lowest BCUT2D eigenvalue weighted by Crippen LogP contribution is -2.28. The van der Waals surface area contributed by atoms with E-state index in [1.807, 2.05) is 0 Å². The quantitative estimate of drug-likeness (QED) is 0.0373. The summed E-state index contributed by atoms with van der Waals surface area (Å²) in [7, 11) is 0. The molecule has 5 nitrogen and oxygen atoms in total. The molecule has 0 aromatic carbocycles. The highest BCUT2D eigenvalue weighted by molar-refractivity contribution is 5.70. The second-order valence-electron chi connectivity index (χ2n) is 19.0. The van der Waals surface area contributed by atoms with Gasteiger partial charge in [0.25, 0.3) is 0 Å². The van der Waals surface area contributed by atoms with E-state index in [1.54, 1.807) is 0 Å². The number of carbonyl (C=O) groups excluding carboxylic acids is 2. The third-order valence-corrected chi connectivity index (χ3v) is 12.1. The van der Waals surface area contributed by atoms with E-state index in [9.17, 15) is 14.7 Å². The molecular weight excluding hydrogens is 885 g/mol. The van der Waals surface area contributed by atoms with Crippen molar-refractivity contribution in [3.63, 3.8) is 0 Å². The zero-order valence-electron chi connectivity index (χ0n) is 46.4. The van der Waals surface area contributed by atoms with Crippen LogP contribution < -0.4 is 0 Å². The Bertz CT molecular complexity index is 1540. The summed E-state index contributed by atoms with van der Waals surface area (Å²) in [6, 6.07) is 0. The summed E-state index contributed by atoms with van der Waals surface area (Å²) in [4.78, 5) is 24.5. The Kier molecular flexibility index (Phi) is 57.5. The van der Waals surface area contributed by atoms with Crippen molar-refractivity contribution in [2.45, 2.75) is 251 Å². The van der Waals surface area contributed by atoms with E-state index in [1.165, 1.54) is 96.3 Å². The molecule has 0 aromatic rings. The van der Waals surface area contributed by atoms with Crippen LogP contribution in [0, 0.1) is 0 Å². The number of rotatable bonds is 52. The normalized spacial score (nSPS) is 13.3. The first-order chi connectivity index (χ1) is 35.6. The molecule has 406 valence electrons. The fourth-order valence-corrected chi connectivity index (χ4v) is 7.73. The minimum atomic E-state index is -0.798. The molecule has 0 heterocycles. The van der Waals surface area contributed by atoms with Gasteiger partial charge in [0.05, 0.1) is 6.61 Å². The average molecular weight is 994 g/mol. The largest absolute Gasteiger partial charge is 0.462 e. The Morgan fingerprint density at radius 3 is 0.903 bits per heavy atom. The van der Waals surface area contributed by atoms with Crippen LogP contribution in [0.3, 0.4) is 0 Å². The topological polar surface area (TPSA) is 72.8 Å². The standard InChI is InChI=1S/C67H108O5/c1-3-5-7-9-11-13-15-17-19-21-23-25-27-28-29-30-31-32-33-34-35-36-37-38-40-42-44-46-48-50-52-54-56-58-60-62-67(70)72-65(63-68)64-71-66(69)61-59-57-55-53-51-49-47-45-43-41-39-26-24-22-20-18-16-14-12-10-8-6-4-2/h5,7,11,13,16-19,22-25,28-29,31-32,34-35,37-38,42,44,48,50,65,68H,3-4,6,8-10,12,14-15,20-21,26-27,30,33,36,39-41,43,45-47,49,51-64H2,1-2H3/b7-5-,13-11-,18-16-,19-17-,24-22-,25-23-,29-28-,32-31-,35-34-,38-37-,44-42-,50-48-. The molecule has 0 amide bonds. The second-order valence-corrected chi connectivity index (χ2v) is 19.0. The number of hydrogen-bond donors (Lipinski definition) is 1. The Morgan fingerprint density at radius 2 is 0.597 bits per heavy atom. The number of unbranched alkanes of at least 4 members (excludes halogenated alkanes) is 20. The number of aliphatic hydroxyl groups is 1. The molecule has 1 atom stereocenters.